The van der Waals surface area contributed by atoms with Gasteiger partial charge in [0, 0.05) is 20.4 Å². The molecule has 0 fully saturated rings. The third-order valence-corrected chi connectivity index (χ3v) is 4.38. The van der Waals surface area contributed by atoms with Crippen LogP contribution in [0.3, 0.4) is 0 Å². The van der Waals surface area contributed by atoms with Crippen molar-refractivity contribution in [1.29, 1.82) is 0 Å². The van der Waals surface area contributed by atoms with E-state index in [9.17, 15) is 4.79 Å². The maximum absolute atomic E-state index is 11.5. The lowest BCUT2D eigenvalue weighted by Gasteiger charge is -2.15. The second-order valence-corrected chi connectivity index (χ2v) is 11.4. The van der Waals surface area contributed by atoms with Crippen LogP contribution in [0, 0.1) is 6.92 Å². The minimum atomic E-state index is -1.06. The van der Waals surface area contributed by atoms with Crippen LogP contribution in [-0.2, 0) is 16.2 Å². The summed E-state index contributed by atoms with van der Waals surface area (Å²) >= 11 is 0. The molecule has 0 unspecified atom stereocenters. The van der Waals surface area contributed by atoms with Crippen molar-refractivity contribution in [3.8, 4) is 0 Å². The van der Waals surface area contributed by atoms with E-state index in [0.29, 0.717) is 19.0 Å². The van der Waals surface area contributed by atoms with Gasteiger partial charge < -0.3 is 9.47 Å². The Morgan fingerprint density at radius 1 is 1.42 bits per heavy atom. The van der Waals surface area contributed by atoms with Gasteiger partial charge >= 0.3 is 5.97 Å². The smallest absolute Gasteiger partial charge is 0.358 e. The highest BCUT2D eigenvalue weighted by molar-refractivity contribution is 6.76. The van der Waals surface area contributed by atoms with Crippen LogP contribution in [0.15, 0.2) is 6.07 Å². The van der Waals surface area contributed by atoms with E-state index < -0.39 is 8.07 Å². The number of hydrogen-bond acceptors (Lipinski definition) is 4. The third-order valence-electron chi connectivity index (χ3n) is 2.68. The van der Waals surface area contributed by atoms with Crippen LogP contribution in [0.2, 0.25) is 25.7 Å². The van der Waals surface area contributed by atoms with Crippen LogP contribution in [0.4, 0.5) is 0 Å². The Balaban J connectivity index is 2.48. The second kappa shape index (κ2) is 6.86. The van der Waals surface area contributed by atoms with Gasteiger partial charge in [-0.3, -0.25) is 0 Å². The Hall–Kier alpha value is -1.14. The summed E-state index contributed by atoms with van der Waals surface area (Å²) in [5, 5.41) is 4.19. The van der Waals surface area contributed by atoms with E-state index in [0.717, 1.165) is 18.3 Å². The average Bonchev–Trinajstić information content (AvgIpc) is 2.66. The van der Waals surface area contributed by atoms with Crippen molar-refractivity contribution in [2.45, 2.75) is 46.3 Å². The van der Waals surface area contributed by atoms with E-state index in [-0.39, 0.29) is 5.97 Å². The molecule has 0 saturated heterocycles. The molecule has 0 aliphatic carbocycles. The van der Waals surface area contributed by atoms with E-state index in [4.69, 9.17) is 9.47 Å². The van der Waals surface area contributed by atoms with Crippen molar-refractivity contribution < 1.29 is 14.3 Å². The molecule has 0 bridgehead atoms. The van der Waals surface area contributed by atoms with Gasteiger partial charge in [-0.05, 0) is 26.0 Å². The lowest BCUT2D eigenvalue weighted by molar-refractivity contribution is 0.0510. The zero-order chi connectivity index (χ0) is 14.5. The number of aryl methyl sites for hydroxylation is 1. The number of carbonyl (C=O) groups excluding carboxylic acids is 1. The molecule has 0 aliphatic rings. The number of rotatable bonds is 7. The molecule has 0 saturated carbocycles. The largest absolute Gasteiger partial charge is 0.461 e. The Bertz CT molecular complexity index is 424. The van der Waals surface area contributed by atoms with Crippen LogP contribution in [0.25, 0.3) is 0 Å². The Morgan fingerprint density at radius 3 is 2.68 bits per heavy atom. The van der Waals surface area contributed by atoms with Crippen LogP contribution in [-0.4, -0.2) is 37.0 Å². The Kier molecular flexibility index (Phi) is 5.75. The van der Waals surface area contributed by atoms with Gasteiger partial charge in [0.2, 0.25) is 0 Å². The van der Waals surface area contributed by atoms with Crippen molar-refractivity contribution in [2.75, 3.05) is 13.2 Å². The summed E-state index contributed by atoms with van der Waals surface area (Å²) < 4.78 is 12.2. The number of nitrogens with zero attached hydrogens (tertiary/aromatic N) is 2. The van der Waals surface area contributed by atoms with E-state index in [1.807, 2.05) is 6.92 Å². The maximum Gasteiger partial charge on any atom is 0.358 e. The van der Waals surface area contributed by atoms with E-state index in [1.54, 1.807) is 17.7 Å². The van der Waals surface area contributed by atoms with Gasteiger partial charge in [-0.2, -0.15) is 5.10 Å². The molecule has 0 spiro atoms. The first-order chi connectivity index (χ1) is 8.83. The SMILES string of the molecule is CCOC(=O)c1cc(C)n(COCC[Si](C)(C)C)n1. The zero-order valence-corrected chi connectivity index (χ0v) is 13.5. The first-order valence-electron chi connectivity index (χ1n) is 6.63. The molecular formula is C13H24N2O3Si. The number of esters is 1. The fraction of sp³-hybridized carbons (Fsp3) is 0.692. The van der Waals surface area contributed by atoms with Gasteiger partial charge in [0.15, 0.2) is 5.69 Å². The summed E-state index contributed by atoms with van der Waals surface area (Å²) in [6.45, 7) is 12.1. The fourth-order valence-electron chi connectivity index (χ4n) is 1.47. The van der Waals surface area contributed by atoms with Crippen LogP contribution >= 0.6 is 0 Å². The molecule has 19 heavy (non-hydrogen) atoms. The normalized spacial score (nSPS) is 11.6. The van der Waals surface area contributed by atoms with Gasteiger partial charge in [0.25, 0.3) is 0 Å². The molecule has 0 aromatic carbocycles. The lowest BCUT2D eigenvalue weighted by atomic mass is 10.4. The number of aromatic nitrogens is 2. The number of ether oxygens (including phenoxy) is 2. The minimum Gasteiger partial charge on any atom is -0.461 e. The molecule has 1 rings (SSSR count). The molecular weight excluding hydrogens is 260 g/mol. The number of carbonyl (C=O) groups is 1. The summed E-state index contributed by atoms with van der Waals surface area (Å²) in [6.07, 6.45) is 0. The lowest BCUT2D eigenvalue weighted by Crippen LogP contribution is -2.22. The molecule has 1 heterocycles. The second-order valence-electron chi connectivity index (χ2n) is 5.74. The predicted molar refractivity (Wildman–Crippen MR) is 77.0 cm³/mol. The zero-order valence-electron chi connectivity index (χ0n) is 12.5. The van der Waals surface area contributed by atoms with Crippen molar-refractivity contribution in [3.05, 3.63) is 17.5 Å². The molecule has 108 valence electrons. The fourth-order valence-corrected chi connectivity index (χ4v) is 2.23. The summed E-state index contributed by atoms with van der Waals surface area (Å²) in [5.41, 5.74) is 1.24. The first kappa shape index (κ1) is 15.9. The van der Waals surface area contributed by atoms with E-state index in [2.05, 4.69) is 24.7 Å². The maximum atomic E-state index is 11.5. The van der Waals surface area contributed by atoms with Crippen molar-refractivity contribution in [1.82, 2.24) is 9.78 Å². The van der Waals surface area contributed by atoms with Crippen molar-refractivity contribution >= 4 is 14.0 Å². The highest BCUT2D eigenvalue weighted by Gasteiger charge is 2.14. The van der Waals surface area contributed by atoms with Crippen LogP contribution in [0.1, 0.15) is 23.1 Å². The van der Waals surface area contributed by atoms with Crippen LogP contribution < -0.4 is 0 Å². The summed E-state index contributed by atoms with van der Waals surface area (Å²) in [7, 11) is -1.06. The predicted octanol–water partition coefficient (Wildman–Crippen LogP) is 2.68. The Labute approximate surface area is 115 Å². The Morgan fingerprint density at radius 2 is 2.11 bits per heavy atom. The number of hydrogen-bond donors (Lipinski definition) is 0. The van der Waals surface area contributed by atoms with Crippen LogP contribution in [0.5, 0.6) is 0 Å². The van der Waals surface area contributed by atoms with E-state index >= 15 is 0 Å². The monoisotopic (exact) mass is 284 g/mol. The topological polar surface area (TPSA) is 53.4 Å². The first-order valence-corrected chi connectivity index (χ1v) is 10.3. The standard InChI is InChI=1S/C13H24N2O3Si/c1-6-18-13(16)12-9-11(2)15(14-12)10-17-7-8-19(3,4)5/h9H,6-8,10H2,1-5H3. The van der Waals surface area contributed by atoms with Gasteiger partial charge in [-0.15, -0.1) is 0 Å². The molecule has 1 aromatic rings. The molecule has 1 aromatic heterocycles. The molecule has 0 aliphatic heterocycles. The van der Waals surface area contributed by atoms with Gasteiger partial charge in [-0.25, -0.2) is 9.48 Å². The van der Waals surface area contributed by atoms with E-state index in [1.165, 1.54) is 0 Å². The summed E-state index contributed by atoms with van der Waals surface area (Å²) in [6, 6.07) is 2.85. The molecule has 0 radical (unpaired) electrons. The summed E-state index contributed by atoms with van der Waals surface area (Å²) in [5.74, 6) is -0.383. The van der Waals surface area contributed by atoms with Gasteiger partial charge in [-0.1, -0.05) is 19.6 Å². The highest BCUT2D eigenvalue weighted by atomic mass is 28.3. The minimum absolute atomic E-state index is 0.341. The van der Waals surface area contributed by atoms with Gasteiger partial charge in [0.1, 0.15) is 6.73 Å². The van der Waals surface area contributed by atoms with Crippen molar-refractivity contribution in [2.24, 2.45) is 0 Å². The quantitative estimate of drug-likeness (QED) is 0.439. The molecule has 0 atom stereocenters. The third kappa shape index (κ3) is 5.57. The average molecular weight is 284 g/mol. The summed E-state index contributed by atoms with van der Waals surface area (Å²) in [4.78, 5) is 11.5. The van der Waals surface area contributed by atoms with Gasteiger partial charge in [0.05, 0.1) is 6.61 Å². The van der Waals surface area contributed by atoms with Crippen molar-refractivity contribution in [3.63, 3.8) is 0 Å². The molecule has 6 heteroatoms. The molecule has 5 nitrogen and oxygen atoms in total. The molecule has 0 amide bonds. The molecule has 0 N–H and O–H groups in total. The highest BCUT2D eigenvalue weighted by Crippen LogP contribution is 2.09.